The summed E-state index contributed by atoms with van der Waals surface area (Å²) in [6.07, 6.45) is 1.36. The number of aromatic nitrogens is 2. The van der Waals surface area contributed by atoms with Crippen LogP contribution in [0.25, 0.3) is 10.9 Å². The molecule has 0 fully saturated rings. The van der Waals surface area contributed by atoms with Gasteiger partial charge < -0.3 is 15.3 Å². The van der Waals surface area contributed by atoms with E-state index in [4.69, 9.17) is 22.4 Å². The Bertz CT molecular complexity index is 894. The lowest BCUT2D eigenvalue weighted by Gasteiger charge is -2.11. The van der Waals surface area contributed by atoms with Crippen LogP contribution in [0.15, 0.2) is 36.7 Å². The number of halogens is 2. The molecule has 0 aliphatic rings. The van der Waals surface area contributed by atoms with Gasteiger partial charge in [-0.15, -0.1) is 0 Å². The maximum atomic E-state index is 13.3. The molecule has 2 aromatic carbocycles. The van der Waals surface area contributed by atoms with Gasteiger partial charge >= 0.3 is 0 Å². The van der Waals surface area contributed by atoms with Crippen molar-refractivity contribution in [2.75, 3.05) is 5.32 Å². The second-order valence-corrected chi connectivity index (χ2v) is 5.20. The van der Waals surface area contributed by atoms with E-state index in [0.717, 1.165) is 0 Å². The first kappa shape index (κ1) is 16.3. The molecule has 124 valence electrons. The Morgan fingerprint density at radius 3 is 2.79 bits per heavy atom. The average Bonchev–Trinajstić information content (AvgIpc) is 2.58. The molecule has 0 atom stereocenters. The monoisotopic (exact) mass is 350 g/mol. The van der Waals surface area contributed by atoms with E-state index in [1.54, 1.807) is 12.1 Å². The number of nitrogens with zero attached hydrogens (tertiary/aromatic N) is 2. The molecular weight excluding hydrogens is 339 g/mol. The lowest BCUT2D eigenvalue weighted by Crippen LogP contribution is -2.06. The summed E-state index contributed by atoms with van der Waals surface area (Å²) in [5, 5.41) is 13.0. The summed E-state index contributed by atoms with van der Waals surface area (Å²) in [5.74, 6) is 5.07. The molecule has 4 N–H and O–H groups in total. The zero-order chi connectivity index (χ0) is 17.1. The van der Waals surface area contributed by atoms with Crippen LogP contribution in [0.4, 0.5) is 15.9 Å². The number of fused-ring (bicyclic) bond motifs is 1. The predicted octanol–water partition coefficient (Wildman–Crippen LogP) is 2.84. The van der Waals surface area contributed by atoms with E-state index < -0.39 is 5.82 Å². The fourth-order valence-electron chi connectivity index (χ4n) is 2.19. The van der Waals surface area contributed by atoms with Crippen LogP contribution in [-0.2, 0) is 11.6 Å². The third-order valence-electron chi connectivity index (χ3n) is 3.31. The van der Waals surface area contributed by atoms with Gasteiger partial charge in [-0.2, -0.15) is 5.90 Å². The van der Waals surface area contributed by atoms with Crippen LogP contribution in [0.5, 0.6) is 5.75 Å². The molecule has 0 bridgehead atoms. The fourth-order valence-corrected chi connectivity index (χ4v) is 2.37. The Labute approximate surface area is 140 Å². The normalized spacial score (nSPS) is 10.8. The molecule has 0 aliphatic heterocycles. The molecule has 0 radical (unpaired) electrons. The summed E-state index contributed by atoms with van der Waals surface area (Å²) in [6, 6.07) is 7.40. The van der Waals surface area contributed by atoms with E-state index in [0.29, 0.717) is 28.0 Å². The summed E-state index contributed by atoms with van der Waals surface area (Å²) >= 11 is 5.78. The Morgan fingerprint density at radius 2 is 2.08 bits per heavy atom. The molecule has 0 amide bonds. The van der Waals surface area contributed by atoms with Crippen molar-refractivity contribution in [3.63, 3.8) is 0 Å². The molecule has 24 heavy (non-hydrogen) atoms. The number of nitrogens with one attached hydrogen (secondary N) is 1. The quantitative estimate of drug-likeness (QED) is 0.480. The van der Waals surface area contributed by atoms with Crippen molar-refractivity contribution in [2.24, 2.45) is 5.90 Å². The molecule has 0 spiro atoms. The first-order chi connectivity index (χ1) is 11.6. The fraction of sp³-hybridized carbons (Fsp3) is 0.0667. The first-order valence-corrected chi connectivity index (χ1v) is 7.14. The molecule has 3 rings (SSSR count). The molecule has 7 nitrogen and oxygen atoms in total. The zero-order valence-corrected chi connectivity index (χ0v) is 12.9. The molecule has 0 saturated carbocycles. The average molecular weight is 351 g/mol. The number of rotatable bonds is 5. The third kappa shape index (κ3) is 3.22. The van der Waals surface area contributed by atoms with Crippen LogP contribution in [0, 0.1) is 5.82 Å². The Kier molecular flexibility index (Phi) is 4.72. The standard InChI is InChI=1S/C15H12ClFN4O3/c16-11-4-9(1-2-12(11)17)21-15-10-5-14(23-24-18)8(6-22)3-13(10)19-7-20-15/h1-5,7,22H,6,18H2,(H,19,20,21). The number of benzene rings is 2. The minimum atomic E-state index is -0.516. The van der Waals surface area contributed by atoms with Crippen LogP contribution in [0.2, 0.25) is 5.02 Å². The number of aliphatic hydroxyl groups is 1. The Morgan fingerprint density at radius 1 is 1.25 bits per heavy atom. The van der Waals surface area contributed by atoms with E-state index >= 15 is 0 Å². The Balaban J connectivity index is 2.06. The van der Waals surface area contributed by atoms with Crippen molar-refractivity contribution < 1.29 is 19.4 Å². The number of anilines is 2. The lowest BCUT2D eigenvalue weighted by atomic mass is 10.1. The van der Waals surface area contributed by atoms with Gasteiger partial charge in [-0.25, -0.2) is 14.4 Å². The predicted molar refractivity (Wildman–Crippen MR) is 86.1 cm³/mol. The summed E-state index contributed by atoms with van der Waals surface area (Å²) in [5.41, 5.74) is 1.56. The second-order valence-electron chi connectivity index (χ2n) is 4.79. The SMILES string of the molecule is NOOc1cc2c(Nc3ccc(F)c(Cl)c3)ncnc2cc1CO. The number of hydrogen-bond acceptors (Lipinski definition) is 7. The molecule has 3 aromatic rings. The molecule has 0 saturated heterocycles. The summed E-state index contributed by atoms with van der Waals surface area (Å²) in [7, 11) is 0. The molecule has 1 aromatic heterocycles. The van der Waals surface area contributed by atoms with Crippen LogP contribution >= 0.6 is 11.6 Å². The maximum absolute atomic E-state index is 13.3. The summed E-state index contributed by atoms with van der Waals surface area (Å²) in [6.45, 7) is -0.283. The van der Waals surface area contributed by atoms with Gasteiger partial charge in [-0.05, 0) is 30.3 Å². The van der Waals surface area contributed by atoms with Crippen LogP contribution in [0.1, 0.15) is 5.56 Å². The van der Waals surface area contributed by atoms with E-state index in [-0.39, 0.29) is 17.4 Å². The lowest BCUT2D eigenvalue weighted by molar-refractivity contribution is -0.212. The highest BCUT2D eigenvalue weighted by atomic mass is 35.5. The van der Waals surface area contributed by atoms with Crippen LogP contribution < -0.4 is 16.1 Å². The van der Waals surface area contributed by atoms with E-state index in [1.807, 2.05) is 0 Å². The molecule has 9 heteroatoms. The number of aliphatic hydroxyl groups excluding tert-OH is 1. The highest BCUT2D eigenvalue weighted by molar-refractivity contribution is 6.31. The summed E-state index contributed by atoms with van der Waals surface area (Å²) in [4.78, 5) is 17.3. The van der Waals surface area contributed by atoms with Gasteiger partial charge in [0, 0.05) is 16.6 Å². The van der Waals surface area contributed by atoms with Crippen molar-refractivity contribution in [3.8, 4) is 5.75 Å². The first-order valence-electron chi connectivity index (χ1n) is 6.76. The van der Waals surface area contributed by atoms with Crippen molar-refractivity contribution >= 4 is 34.0 Å². The van der Waals surface area contributed by atoms with Crippen molar-refractivity contribution in [3.05, 3.63) is 53.1 Å². The van der Waals surface area contributed by atoms with Crippen molar-refractivity contribution in [1.29, 1.82) is 0 Å². The number of hydrogen-bond donors (Lipinski definition) is 3. The maximum Gasteiger partial charge on any atom is 0.173 e. The van der Waals surface area contributed by atoms with Gasteiger partial charge in [0.05, 0.1) is 17.1 Å². The van der Waals surface area contributed by atoms with Crippen molar-refractivity contribution in [2.45, 2.75) is 6.61 Å². The Hall–Kier alpha value is -2.52. The van der Waals surface area contributed by atoms with E-state index in [1.165, 1.54) is 24.5 Å². The second kappa shape index (κ2) is 6.93. The number of nitrogens with two attached hydrogens (primary N) is 1. The van der Waals surface area contributed by atoms with Gasteiger partial charge in [0.15, 0.2) is 5.75 Å². The summed E-state index contributed by atoms with van der Waals surface area (Å²) < 4.78 is 13.3. The highest BCUT2D eigenvalue weighted by Gasteiger charge is 2.12. The van der Waals surface area contributed by atoms with E-state index in [2.05, 4.69) is 20.3 Å². The topological polar surface area (TPSA) is 103 Å². The third-order valence-corrected chi connectivity index (χ3v) is 3.60. The zero-order valence-electron chi connectivity index (χ0n) is 12.2. The molecule has 0 aliphatic carbocycles. The van der Waals surface area contributed by atoms with Gasteiger partial charge in [-0.3, -0.25) is 0 Å². The minimum Gasteiger partial charge on any atom is -0.392 e. The van der Waals surface area contributed by atoms with Crippen molar-refractivity contribution in [1.82, 2.24) is 9.97 Å². The van der Waals surface area contributed by atoms with Crippen LogP contribution in [-0.4, -0.2) is 15.1 Å². The van der Waals surface area contributed by atoms with Crippen LogP contribution in [0.3, 0.4) is 0 Å². The molecular formula is C15H12ClFN4O3. The van der Waals surface area contributed by atoms with Gasteiger partial charge in [-0.1, -0.05) is 16.6 Å². The molecule has 0 unspecified atom stereocenters. The van der Waals surface area contributed by atoms with Gasteiger partial charge in [0.2, 0.25) is 0 Å². The largest absolute Gasteiger partial charge is 0.392 e. The smallest absolute Gasteiger partial charge is 0.173 e. The minimum absolute atomic E-state index is 0.0125. The van der Waals surface area contributed by atoms with Gasteiger partial charge in [0.1, 0.15) is 18.0 Å². The van der Waals surface area contributed by atoms with Gasteiger partial charge in [0.25, 0.3) is 0 Å². The molecule has 1 heterocycles. The van der Waals surface area contributed by atoms with E-state index in [9.17, 15) is 9.50 Å². The highest BCUT2D eigenvalue weighted by Crippen LogP contribution is 2.31.